The molecule has 0 aliphatic carbocycles. The van der Waals surface area contributed by atoms with E-state index in [4.69, 9.17) is 16.3 Å². The maximum absolute atomic E-state index is 12.9. The largest absolute Gasteiger partial charge is 0.447 e. The van der Waals surface area contributed by atoms with Crippen LogP contribution in [0.5, 0.6) is 0 Å². The monoisotopic (exact) mass is 504 g/mol. The minimum Gasteiger partial charge on any atom is -0.447 e. The van der Waals surface area contributed by atoms with Crippen molar-refractivity contribution < 1.29 is 9.53 Å². The molecule has 0 unspecified atom stereocenters. The topological polar surface area (TPSA) is 113 Å². The summed E-state index contributed by atoms with van der Waals surface area (Å²) in [5, 5.41) is 4.76. The van der Waals surface area contributed by atoms with E-state index in [9.17, 15) is 9.59 Å². The molecule has 1 fully saturated rings. The molecule has 184 valence electrons. The molecule has 0 radical (unpaired) electrons. The second-order valence-electron chi connectivity index (χ2n) is 8.74. The number of pyridine rings is 1. The number of amides is 1. The van der Waals surface area contributed by atoms with Crippen LogP contribution in [-0.2, 0) is 4.74 Å². The fourth-order valence-electron chi connectivity index (χ4n) is 4.28. The molecule has 2 atom stereocenters. The summed E-state index contributed by atoms with van der Waals surface area (Å²) >= 11 is 6.03. The number of nitrogens with one attached hydrogen (secondary N) is 2. The Bertz CT molecular complexity index is 1500. The van der Waals surface area contributed by atoms with Crippen molar-refractivity contribution in [2.45, 2.75) is 39.3 Å². The number of aromatic nitrogens is 4. The van der Waals surface area contributed by atoms with Crippen LogP contribution in [0.25, 0.3) is 22.0 Å². The Morgan fingerprint density at radius 3 is 2.61 bits per heavy atom. The number of anilines is 2. The van der Waals surface area contributed by atoms with Gasteiger partial charge in [0.05, 0.1) is 12.1 Å². The summed E-state index contributed by atoms with van der Waals surface area (Å²) in [6, 6.07) is 14.8. The van der Waals surface area contributed by atoms with Gasteiger partial charge < -0.3 is 15.0 Å². The fourth-order valence-corrected chi connectivity index (χ4v) is 4.41. The Morgan fingerprint density at radius 2 is 1.86 bits per heavy atom. The Balaban J connectivity index is 1.45. The summed E-state index contributed by atoms with van der Waals surface area (Å²) in [4.78, 5) is 42.7. The average Bonchev–Trinajstić information content (AvgIpc) is 3.24. The number of halogens is 1. The Morgan fingerprint density at radius 1 is 1.11 bits per heavy atom. The number of H-pyrrole nitrogens is 1. The van der Waals surface area contributed by atoms with Crippen LogP contribution >= 0.6 is 11.6 Å². The summed E-state index contributed by atoms with van der Waals surface area (Å²) < 4.78 is 5.17. The molecule has 2 aromatic heterocycles. The summed E-state index contributed by atoms with van der Waals surface area (Å²) in [6.45, 7) is 5.85. The van der Waals surface area contributed by atoms with Crippen LogP contribution in [0.4, 0.5) is 16.7 Å². The molecule has 9 nitrogen and oxygen atoms in total. The second-order valence-corrected chi connectivity index (χ2v) is 9.18. The number of carbonyl (C=O) groups is 1. The summed E-state index contributed by atoms with van der Waals surface area (Å²) in [5.41, 5.74) is 3.10. The van der Waals surface area contributed by atoms with Crippen molar-refractivity contribution in [1.29, 1.82) is 0 Å². The van der Waals surface area contributed by atoms with Crippen molar-refractivity contribution in [3.8, 4) is 11.1 Å². The van der Waals surface area contributed by atoms with E-state index >= 15 is 0 Å². The van der Waals surface area contributed by atoms with E-state index < -0.39 is 12.1 Å². The molecule has 5 rings (SSSR count). The molecular formula is C26H25ClN6O3. The molecular weight excluding hydrogens is 480 g/mol. The third-order valence-electron chi connectivity index (χ3n) is 6.25. The van der Waals surface area contributed by atoms with Crippen LogP contribution in [-0.4, -0.2) is 38.7 Å². The molecule has 3 heterocycles. The van der Waals surface area contributed by atoms with Gasteiger partial charge in [-0.25, -0.2) is 9.69 Å². The predicted octanol–water partition coefficient (Wildman–Crippen LogP) is 5.25. The first-order chi connectivity index (χ1) is 17.3. The molecule has 0 saturated carbocycles. The Labute approximate surface area is 212 Å². The van der Waals surface area contributed by atoms with Crippen LogP contribution in [0.2, 0.25) is 5.02 Å². The van der Waals surface area contributed by atoms with Gasteiger partial charge in [-0.1, -0.05) is 36.7 Å². The minimum absolute atomic E-state index is 0.136. The third kappa shape index (κ3) is 4.61. The van der Waals surface area contributed by atoms with Crippen molar-refractivity contribution >= 4 is 40.5 Å². The van der Waals surface area contributed by atoms with E-state index in [-0.39, 0.29) is 23.5 Å². The van der Waals surface area contributed by atoms with Gasteiger partial charge in [-0.2, -0.15) is 15.0 Å². The number of rotatable bonds is 6. The number of hydrogen-bond donors (Lipinski definition) is 2. The number of ether oxygens (including phenoxy) is 1. The number of nitrogens with zero attached hydrogens (tertiary/aromatic N) is 4. The zero-order valence-electron chi connectivity index (χ0n) is 20.1. The van der Waals surface area contributed by atoms with Gasteiger partial charge >= 0.3 is 6.09 Å². The number of aromatic amines is 1. The van der Waals surface area contributed by atoms with E-state index in [2.05, 4.69) is 25.3 Å². The first-order valence-corrected chi connectivity index (χ1v) is 12.1. The van der Waals surface area contributed by atoms with Crippen molar-refractivity contribution in [1.82, 2.24) is 19.9 Å². The maximum Gasteiger partial charge on any atom is 0.417 e. The lowest BCUT2D eigenvalue weighted by atomic mass is 10.0. The van der Waals surface area contributed by atoms with E-state index in [1.165, 1.54) is 4.90 Å². The summed E-state index contributed by atoms with van der Waals surface area (Å²) in [5.74, 6) is 0.949. The Hall–Kier alpha value is -3.98. The lowest BCUT2D eigenvalue weighted by Gasteiger charge is -2.20. The number of aryl methyl sites for hydroxylation is 1. The lowest BCUT2D eigenvalue weighted by Crippen LogP contribution is -2.35. The van der Waals surface area contributed by atoms with Gasteiger partial charge in [-0.05, 0) is 67.1 Å². The van der Waals surface area contributed by atoms with Gasteiger partial charge in [0.1, 0.15) is 12.4 Å². The molecule has 4 aromatic rings. The first-order valence-electron chi connectivity index (χ1n) is 11.7. The average molecular weight is 505 g/mol. The highest BCUT2D eigenvalue weighted by Gasteiger charge is 2.35. The highest BCUT2D eigenvalue weighted by molar-refractivity contribution is 6.30. The fraction of sp³-hybridized carbons (Fsp3) is 0.269. The van der Waals surface area contributed by atoms with E-state index in [0.717, 1.165) is 22.0 Å². The zero-order valence-corrected chi connectivity index (χ0v) is 20.8. The third-order valence-corrected chi connectivity index (χ3v) is 6.50. The quantitative estimate of drug-likeness (QED) is 0.368. The van der Waals surface area contributed by atoms with Gasteiger partial charge in [0.2, 0.25) is 11.9 Å². The number of cyclic esters (lactones) is 1. The SMILES string of the molecule is CC[C@H]1COC(=O)N1c1nc(C)nc(N[C@@H](C)c2cc3cc(-c4ccc(Cl)cc4)ccc3[nH]c2=O)n1. The van der Waals surface area contributed by atoms with Gasteiger partial charge in [-0.3, -0.25) is 4.79 Å². The molecule has 2 aromatic carbocycles. The first kappa shape index (κ1) is 23.7. The molecule has 10 heteroatoms. The predicted molar refractivity (Wildman–Crippen MR) is 140 cm³/mol. The lowest BCUT2D eigenvalue weighted by molar-refractivity contribution is 0.178. The van der Waals surface area contributed by atoms with Gasteiger partial charge in [0, 0.05) is 16.1 Å². The molecule has 0 spiro atoms. The molecule has 1 amide bonds. The van der Waals surface area contributed by atoms with Gasteiger partial charge in [0.25, 0.3) is 5.56 Å². The van der Waals surface area contributed by atoms with Crippen LogP contribution in [0.3, 0.4) is 0 Å². The number of hydrogen-bond acceptors (Lipinski definition) is 7. The Kier molecular flexibility index (Phi) is 6.32. The number of fused-ring (bicyclic) bond motifs is 1. The smallest absolute Gasteiger partial charge is 0.417 e. The van der Waals surface area contributed by atoms with Crippen molar-refractivity contribution in [2.24, 2.45) is 0 Å². The minimum atomic E-state index is -0.478. The van der Waals surface area contributed by atoms with Crippen LogP contribution in [0.15, 0.2) is 53.3 Å². The van der Waals surface area contributed by atoms with E-state index in [1.807, 2.05) is 62.4 Å². The molecule has 1 aliphatic heterocycles. The molecule has 2 N–H and O–H groups in total. The van der Waals surface area contributed by atoms with E-state index in [1.54, 1.807) is 6.92 Å². The van der Waals surface area contributed by atoms with Crippen molar-refractivity contribution in [2.75, 3.05) is 16.8 Å². The zero-order chi connectivity index (χ0) is 25.4. The van der Waals surface area contributed by atoms with Gasteiger partial charge in [0.15, 0.2) is 0 Å². The number of benzene rings is 2. The van der Waals surface area contributed by atoms with Crippen molar-refractivity contribution in [3.63, 3.8) is 0 Å². The molecule has 36 heavy (non-hydrogen) atoms. The summed E-state index contributed by atoms with van der Waals surface area (Å²) in [6.07, 6.45) is 0.231. The van der Waals surface area contributed by atoms with Crippen molar-refractivity contribution in [3.05, 3.63) is 75.3 Å². The van der Waals surface area contributed by atoms with Crippen LogP contribution in [0, 0.1) is 6.92 Å². The second kappa shape index (κ2) is 9.58. The highest BCUT2D eigenvalue weighted by Crippen LogP contribution is 2.27. The summed E-state index contributed by atoms with van der Waals surface area (Å²) in [7, 11) is 0. The molecule has 1 saturated heterocycles. The van der Waals surface area contributed by atoms with E-state index in [0.29, 0.717) is 29.4 Å². The molecule has 1 aliphatic rings. The number of carbonyl (C=O) groups excluding carboxylic acids is 1. The maximum atomic E-state index is 12.9. The molecule has 0 bridgehead atoms. The normalized spacial score (nSPS) is 16.3. The van der Waals surface area contributed by atoms with Crippen LogP contribution in [0.1, 0.15) is 37.7 Å². The van der Waals surface area contributed by atoms with Gasteiger partial charge in [-0.15, -0.1) is 0 Å². The standard InChI is InChI=1S/C26H25ClN6O3/c1-4-20-13-36-26(35)33(20)25-30-15(3)29-24(32-25)28-14(2)21-12-18-11-17(7-10-22(18)31-23(21)34)16-5-8-19(27)9-6-16/h5-12,14,20H,4,13H2,1-3H3,(H,31,34)(H,28,29,30,32)/t14-,20-/m0/s1. The van der Waals surface area contributed by atoms with Crippen LogP contribution < -0.4 is 15.8 Å². The highest BCUT2D eigenvalue weighted by atomic mass is 35.5.